The van der Waals surface area contributed by atoms with Crippen molar-refractivity contribution < 1.29 is 13.9 Å². The predicted molar refractivity (Wildman–Crippen MR) is 129 cm³/mol. The molecule has 2 N–H and O–H groups in total. The van der Waals surface area contributed by atoms with Crippen LogP contribution in [-0.4, -0.2) is 52.3 Å². The lowest BCUT2D eigenvalue weighted by Gasteiger charge is -2.37. The normalized spacial score (nSPS) is 14.7. The average Bonchev–Trinajstić information content (AvgIpc) is 3.19. The van der Waals surface area contributed by atoms with Crippen molar-refractivity contribution in [3.8, 4) is 11.3 Å². The van der Waals surface area contributed by atoms with E-state index in [9.17, 15) is 9.59 Å². The first-order chi connectivity index (χ1) is 15.6. The van der Waals surface area contributed by atoms with Crippen molar-refractivity contribution in [2.45, 2.75) is 39.8 Å². The standard InChI is InChI=1S/C23H28FN5O3S/c1-5-27-12-15(17-13-33-21(25)26-17)20(30)14-10-16(24)19(11-18(14)27)28-6-8-29(9-7-28)22(31)32-23(2,3)4/h10-13H,5-9H2,1-4H3,(H2,25,26). The Balaban J connectivity index is 1.65. The predicted octanol–water partition coefficient (Wildman–Crippen LogP) is 3.92. The molecule has 0 radical (unpaired) electrons. The maximum Gasteiger partial charge on any atom is 0.410 e. The Morgan fingerprint density at radius 2 is 1.94 bits per heavy atom. The van der Waals surface area contributed by atoms with Crippen molar-refractivity contribution in [3.05, 3.63) is 39.8 Å². The summed E-state index contributed by atoms with van der Waals surface area (Å²) in [6.07, 6.45) is 1.39. The molecule has 1 aliphatic heterocycles. The molecule has 0 bridgehead atoms. The SMILES string of the molecule is CCn1cc(-c2csc(N)n2)c(=O)c2cc(F)c(N3CCN(C(=O)OC(C)(C)C)CC3)cc21. The summed E-state index contributed by atoms with van der Waals surface area (Å²) >= 11 is 1.26. The summed E-state index contributed by atoms with van der Waals surface area (Å²) < 4.78 is 22.6. The van der Waals surface area contributed by atoms with Crippen LogP contribution >= 0.6 is 11.3 Å². The smallest absolute Gasteiger partial charge is 0.410 e. The third-order valence-corrected chi connectivity index (χ3v) is 6.23. The Hall–Kier alpha value is -3.14. The maximum absolute atomic E-state index is 15.2. The molecule has 0 aliphatic carbocycles. The zero-order valence-electron chi connectivity index (χ0n) is 19.2. The van der Waals surface area contributed by atoms with E-state index in [-0.39, 0.29) is 11.5 Å². The van der Waals surface area contributed by atoms with Crippen molar-refractivity contribution in [2.24, 2.45) is 0 Å². The van der Waals surface area contributed by atoms with E-state index in [4.69, 9.17) is 10.5 Å². The van der Waals surface area contributed by atoms with Crippen LogP contribution in [0.5, 0.6) is 0 Å². The Kier molecular flexibility index (Phi) is 6.04. The zero-order valence-corrected chi connectivity index (χ0v) is 20.0. The summed E-state index contributed by atoms with van der Waals surface area (Å²) in [5.74, 6) is -0.470. The molecule has 1 amide bonds. The number of anilines is 2. The molecule has 1 fully saturated rings. The highest BCUT2D eigenvalue weighted by Gasteiger charge is 2.27. The molecular formula is C23H28FN5O3S. The van der Waals surface area contributed by atoms with Crippen LogP contribution in [0.1, 0.15) is 27.7 Å². The van der Waals surface area contributed by atoms with Crippen molar-refractivity contribution in [3.63, 3.8) is 0 Å². The minimum absolute atomic E-state index is 0.278. The van der Waals surface area contributed by atoms with Gasteiger partial charge in [0.15, 0.2) is 10.6 Å². The van der Waals surface area contributed by atoms with E-state index in [2.05, 4.69) is 4.98 Å². The molecule has 3 heterocycles. The molecule has 8 nitrogen and oxygen atoms in total. The van der Waals surface area contributed by atoms with Crippen molar-refractivity contribution >= 4 is 39.2 Å². The summed E-state index contributed by atoms with van der Waals surface area (Å²) in [6, 6.07) is 3.02. The van der Waals surface area contributed by atoms with Crippen LogP contribution in [0, 0.1) is 5.82 Å². The lowest BCUT2D eigenvalue weighted by Crippen LogP contribution is -2.50. The zero-order chi connectivity index (χ0) is 23.9. The molecule has 33 heavy (non-hydrogen) atoms. The van der Waals surface area contributed by atoms with Crippen molar-refractivity contribution in [1.29, 1.82) is 0 Å². The molecular weight excluding hydrogens is 445 g/mol. The Labute approximate surface area is 195 Å². The van der Waals surface area contributed by atoms with Crippen LogP contribution in [-0.2, 0) is 11.3 Å². The van der Waals surface area contributed by atoms with Gasteiger partial charge >= 0.3 is 6.09 Å². The van der Waals surface area contributed by atoms with Crippen LogP contribution in [0.2, 0.25) is 0 Å². The molecule has 1 saturated heterocycles. The van der Waals surface area contributed by atoms with Crippen molar-refractivity contribution in [2.75, 3.05) is 36.8 Å². The van der Waals surface area contributed by atoms with Crippen LogP contribution in [0.25, 0.3) is 22.2 Å². The number of hydrogen-bond acceptors (Lipinski definition) is 7. The van der Waals surface area contributed by atoms with Gasteiger partial charge in [0, 0.05) is 49.7 Å². The highest BCUT2D eigenvalue weighted by molar-refractivity contribution is 7.13. The van der Waals surface area contributed by atoms with Crippen LogP contribution < -0.4 is 16.1 Å². The number of carbonyl (C=O) groups excluding carboxylic acids is 1. The molecule has 176 valence electrons. The summed E-state index contributed by atoms with van der Waals surface area (Å²) in [4.78, 5) is 33.2. The van der Waals surface area contributed by atoms with Crippen LogP contribution in [0.15, 0.2) is 28.5 Å². The molecule has 2 aromatic heterocycles. The molecule has 0 saturated carbocycles. The number of halogens is 1. The number of hydrogen-bond donors (Lipinski definition) is 1. The minimum atomic E-state index is -0.564. The molecule has 0 atom stereocenters. The van der Waals surface area contributed by atoms with E-state index in [0.29, 0.717) is 65.7 Å². The monoisotopic (exact) mass is 473 g/mol. The van der Waals surface area contributed by atoms with Gasteiger partial charge in [0.2, 0.25) is 0 Å². The Morgan fingerprint density at radius 1 is 1.24 bits per heavy atom. The summed E-state index contributed by atoms with van der Waals surface area (Å²) in [6.45, 7) is 9.83. The summed E-state index contributed by atoms with van der Waals surface area (Å²) in [5, 5.41) is 2.40. The second-order valence-corrected chi connectivity index (χ2v) is 9.89. The molecule has 4 rings (SSSR count). The van der Waals surface area contributed by atoms with Gasteiger partial charge in [0.05, 0.1) is 22.5 Å². The first kappa shape index (κ1) is 23.0. The molecule has 3 aromatic rings. The van der Waals surface area contributed by atoms with E-state index in [1.54, 1.807) is 22.5 Å². The Morgan fingerprint density at radius 3 is 2.52 bits per heavy atom. The average molecular weight is 474 g/mol. The number of fused-ring (bicyclic) bond motifs is 1. The maximum atomic E-state index is 15.2. The summed E-state index contributed by atoms with van der Waals surface area (Å²) in [5.41, 5.74) is 6.86. The van der Waals surface area contributed by atoms with Gasteiger partial charge in [0.25, 0.3) is 0 Å². The Bertz CT molecular complexity index is 1260. The van der Waals surface area contributed by atoms with Gasteiger partial charge in [-0.2, -0.15) is 0 Å². The molecule has 1 aliphatic rings. The van der Waals surface area contributed by atoms with Gasteiger partial charge in [0.1, 0.15) is 11.4 Å². The third-order valence-electron chi connectivity index (χ3n) is 5.56. The van der Waals surface area contributed by atoms with Gasteiger partial charge in [-0.15, -0.1) is 11.3 Å². The number of rotatable bonds is 3. The number of pyridine rings is 1. The number of nitrogens with two attached hydrogens (primary N) is 1. The lowest BCUT2D eigenvalue weighted by molar-refractivity contribution is 0.0240. The number of benzene rings is 1. The number of carbonyl (C=O) groups is 1. The second-order valence-electron chi connectivity index (χ2n) is 9.00. The van der Waals surface area contributed by atoms with Crippen LogP contribution in [0.4, 0.5) is 20.0 Å². The van der Waals surface area contributed by atoms with E-state index in [1.807, 2.05) is 37.2 Å². The number of aryl methyl sites for hydroxylation is 1. The van der Waals surface area contributed by atoms with Gasteiger partial charge < -0.3 is 24.8 Å². The molecule has 0 unspecified atom stereocenters. The number of ether oxygens (including phenoxy) is 1. The highest BCUT2D eigenvalue weighted by atomic mass is 32.1. The first-order valence-electron chi connectivity index (χ1n) is 10.9. The number of piperazine rings is 1. The topological polar surface area (TPSA) is 93.7 Å². The third kappa shape index (κ3) is 4.66. The summed E-state index contributed by atoms with van der Waals surface area (Å²) in [7, 11) is 0. The molecule has 1 aromatic carbocycles. The van der Waals surface area contributed by atoms with Gasteiger partial charge in [-0.3, -0.25) is 4.79 Å². The minimum Gasteiger partial charge on any atom is -0.444 e. The van der Waals surface area contributed by atoms with E-state index in [0.717, 1.165) is 0 Å². The number of aromatic nitrogens is 2. The van der Waals surface area contributed by atoms with E-state index < -0.39 is 11.4 Å². The van der Waals surface area contributed by atoms with Gasteiger partial charge in [-0.25, -0.2) is 14.2 Å². The first-order valence-corrected chi connectivity index (χ1v) is 11.8. The molecule has 0 spiro atoms. The largest absolute Gasteiger partial charge is 0.444 e. The number of nitrogens with zero attached hydrogens (tertiary/aromatic N) is 4. The van der Waals surface area contributed by atoms with E-state index in [1.165, 1.54) is 17.4 Å². The van der Waals surface area contributed by atoms with Crippen molar-refractivity contribution in [1.82, 2.24) is 14.5 Å². The quantitative estimate of drug-likeness (QED) is 0.620. The lowest BCUT2D eigenvalue weighted by atomic mass is 10.1. The fraction of sp³-hybridized carbons (Fsp3) is 0.435. The van der Waals surface area contributed by atoms with Gasteiger partial charge in [-0.05, 0) is 39.8 Å². The number of nitrogen functional groups attached to an aromatic ring is 1. The highest BCUT2D eigenvalue weighted by Crippen LogP contribution is 2.29. The second kappa shape index (κ2) is 8.66. The molecule has 10 heteroatoms. The van der Waals surface area contributed by atoms with Gasteiger partial charge in [-0.1, -0.05) is 0 Å². The van der Waals surface area contributed by atoms with Crippen LogP contribution in [0.3, 0.4) is 0 Å². The number of thiazole rings is 1. The fourth-order valence-electron chi connectivity index (χ4n) is 3.95. The fourth-order valence-corrected chi connectivity index (χ4v) is 4.52. The van der Waals surface area contributed by atoms with E-state index >= 15 is 4.39 Å². The number of amides is 1.